The highest BCUT2D eigenvalue weighted by Crippen LogP contribution is 2.30. The first-order chi connectivity index (χ1) is 14.0. The zero-order valence-electron chi connectivity index (χ0n) is 16.4. The number of anilines is 1. The summed E-state index contributed by atoms with van der Waals surface area (Å²) in [6.45, 7) is 4.34. The fourth-order valence-electron chi connectivity index (χ4n) is 3.51. The van der Waals surface area contributed by atoms with Gasteiger partial charge in [-0.2, -0.15) is 0 Å². The maximum absolute atomic E-state index is 12.5. The molecular formula is C23H22N2O4. The molecule has 1 amide bonds. The highest BCUT2D eigenvalue weighted by molar-refractivity contribution is 6.00. The first-order valence-corrected chi connectivity index (χ1v) is 9.57. The zero-order valence-corrected chi connectivity index (χ0v) is 16.4. The number of aromatic nitrogens is 1. The fourth-order valence-corrected chi connectivity index (χ4v) is 3.51. The Balaban J connectivity index is 1.38. The van der Waals surface area contributed by atoms with Crippen molar-refractivity contribution in [3.8, 4) is 11.3 Å². The van der Waals surface area contributed by atoms with Gasteiger partial charge in [-0.1, -0.05) is 47.6 Å². The number of nitrogens with zero attached hydrogens (tertiary/aromatic N) is 2. The molecule has 0 spiro atoms. The summed E-state index contributed by atoms with van der Waals surface area (Å²) >= 11 is 0. The Morgan fingerprint density at radius 3 is 2.76 bits per heavy atom. The molecule has 1 fully saturated rings. The van der Waals surface area contributed by atoms with Crippen LogP contribution < -0.4 is 4.90 Å². The molecule has 1 atom stereocenters. The van der Waals surface area contributed by atoms with Crippen LogP contribution in [0.15, 0.2) is 59.1 Å². The molecule has 2 heterocycles. The molecular weight excluding hydrogens is 368 g/mol. The smallest absolute Gasteiger partial charge is 0.311 e. The highest BCUT2D eigenvalue weighted by Gasteiger charge is 2.36. The van der Waals surface area contributed by atoms with Crippen LogP contribution in [-0.2, 0) is 20.9 Å². The lowest BCUT2D eigenvalue weighted by Crippen LogP contribution is -2.27. The van der Waals surface area contributed by atoms with Crippen LogP contribution in [-0.4, -0.2) is 23.6 Å². The highest BCUT2D eigenvalue weighted by atomic mass is 16.5. The van der Waals surface area contributed by atoms with E-state index in [-0.39, 0.29) is 18.9 Å². The molecule has 1 aliphatic heterocycles. The van der Waals surface area contributed by atoms with Crippen LogP contribution in [0.5, 0.6) is 0 Å². The van der Waals surface area contributed by atoms with Gasteiger partial charge in [0.2, 0.25) is 5.91 Å². The molecule has 148 valence electrons. The fraction of sp³-hybridized carbons (Fsp3) is 0.261. The summed E-state index contributed by atoms with van der Waals surface area (Å²) in [4.78, 5) is 26.7. The van der Waals surface area contributed by atoms with Crippen molar-refractivity contribution in [2.75, 3.05) is 11.4 Å². The van der Waals surface area contributed by atoms with Crippen molar-refractivity contribution in [2.24, 2.45) is 5.92 Å². The second-order valence-corrected chi connectivity index (χ2v) is 7.28. The van der Waals surface area contributed by atoms with E-state index in [0.29, 0.717) is 18.0 Å². The van der Waals surface area contributed by atoms with Crippen molar-refractivity contribution in [1.29, 1.82) is 0 Å². The topological polar surface area (TPSA) is 72.6 Å². The largest absolute Gasteiger partial charge is 0.459 e. The van der Waals surface area contributed by atoms with Gasteiger partial charge < -0.3 is 14.2 Å². The van der Waals surface area contributed by atoms with Gasteiger partial charge in [0.05, 0.1) is 5.92 Å². The molecule has 4 rings (SSSR count). The van der Waals surface area contributed by atoms with Crippen LogP contribution in [0.2, 0.25) is 0 Å². The van der Waals surface area contributed by atoms with E-state index in [1.165, 1.54) is 0 Å². The lowest BCUT2D eigenvalue weighted by molar-refractivity contribution is -0.149. The Kier molecular flexibility index (Phi) is 5.16. The first kappa shape index (κ1) is 18.9. The van der Waals surface area contributed by atoms with Gasteiger partial charge in [-0.25, -0.2) is 0 Å². The SMILES string of the molecule is Cc1cccc(N2C[C@H](C(=O)OCc3cc(-c4ccccc4)on3)CC2=O)c1C. The van der Waals surface area contributed by atoms with Gasteiger partial charge in [0, 0.05) is 30.3 Å². The molecule has 0 N–H and O–H groups in total. The van der Waals surface area contributed by atoms with Crippen LogP contribution in [0.1, 0.15) is 23.2 Å². The van der Waals surface area contributed by atoms with Crippen LogP contribution in [0.4, 0.5) is 5.69 Å². The third-order valence-electron chi connectivity index (χ3n) is 5.30. The normalized spacial score (nSPS) is 16.3. The van der Waals surface area contributed by atoms with Crippen molar-refractivity contribution in [2.45, 2.75) is 26.9 Å². The molecule has 29 heavy (non-hydrogen) atoms. The molecule has 0 unspecified atom stereocenters. The average Bonchev–Trinajstić information content (AvgIpc) is 3.36. The summed E-state index contributed by atoms with van der Waals surface area (Å²) in [5, 5.41) is 3.96. The summed E-state index contributed by atoms with van der Waals surface area (Å²) < 4.78 is 10.7. The minimum Gasteiger partial charge on any atom is -0.459 e. The van der Waals surface area contributed by atoms with Gasteiger partial charge in [0.1, 0.15) is 12.3 Å². The number of aryl methyl sites for hydroxylation is 1. The van der Waals surface area contributed by atoms with Gasteiger partial charge in [-0.15, -0.1) is 0 Å². The molecule has 1 aromatic heterocycles. The second-order valence-electron chi connectivity index (χ2n) is 7.28. The van der Waals surface area contributed by atoms with Crippen LogP contribution in [0.25, 0.3) is 11.3 Å². The Labute approximate surface area is 169 Å². The summed E-state index contributed by atoms with van der Waals surface area (Å²) in [6.07, 6.45) is 0.153. The first-order valence-electron chi connectivity index (χ1n) is 9.57. The van der Waals surface area contributed by atoms with E-state index in [1.807, 2.05) is 62.4 Å². The van der Waals surface area contributed by atoms with Crippen LogP contribution >= 0.6 is 0 Å². The van der Waals surface area contributed by atoms with Crippen molar-refractivity contribution >= 4 is 17.6 Å². The maximum Gasteiger partial charge on any atom is 0.311 e. The summed E-state index contributed by atoms with van der Waals surface area (Å²) in [6, 6.07) is 17.2. The summed E-state index contributed by atoms with van der Waals surface area (Å²) in [5.74, 6) is -0.319. The minimum atomic E-state index is -0.483. The number of carbonyl (C=O) groups is 2. The van der Waals surface area contributed by atoms with Crippen LogP contribution in [0.3, 0.4) is 0 Å². The minimum absolute atomic E-state index is 0.0172. The molecule has 0 bridgehead atoms. The van der Waals surface area contributed by atoms with Gasteiger partial charge in [0.15, 0.2) is 5.76 Å². The van der Waals surface area contributed by atoms with Crippen molar-refractivity contribution in [3.05, 3.63) is 71.4 Å². The van der Waals surface area contributed by atoms with Gasteiger partial charge in [0.25, 0.3) is 0 Å². The third-order valence-corrected chi connectivity index (χ3v) is 5.30. The van der Waals surface area contributed by atoms with E-state index in [4.69, 9.17) is 9.26 Å². The summed E-state index contributed by atoms with van der Waals surface area (Å²) in [7, 11) is 0. The zero-order chi connectivity index (χ0) is 20.4. The standard InChI is InChI=1S/C23H22N2O4/c1-15-7-6-10-20(16(15)2)25-13-18(11-22(25)26)23(27)28-14-19-12-21(29-24-19)17-8-4-3-5-9-17/h3-10,12,18H,11,13-14H2,1-2H3/t18-/m1/s1. The van der Waals surface area contributed by atoms with Gasteiger partial charge in [-0.3, -0.25) is 9.59 Å². The van der Waals surface area contributed by atoms with E-state index in [1.54, 1.807) is 11.0 Å². The molecule has 6 nitrogen and oxygen atoms in total. The molecule has 1 saturated heterocycles. The third kappa shape index (κ3) is 3.92. The number of hydrogen-bond donors (Lipinski definition) is 0. The Bertz CT molecular complexity index is 1040. The number of amides is 1. The average molecular weight is 390 g/mol. The van der Waals surface area contributed by atoms with Gasteiger partial charge in [-0.05, 0) is 31.0 Å². The number of benzene rings is 2. The molecule has 0 radical (unpaired) electrons. The molecule has 6 heteroatoms. The monoisotopic (exact) mass is 390 g/mol. The lowest BCUT2D eigenvalue weighted by Gasteiger charge is -2.20. The van der Waals surface area contributed by atoms with Crippen LogP contribution in [0, 0.1) is 19.8 Å². The van der Waals surface area contributed by atoms with E-state index >= 15 is 0 Å². The van der Waals surface area contributed by atoms with Gasteiger partial charge >= 0.3 is 5.97 Å². The lowest BCUT2D eigenvalue weighted by atomic mass is 10.1. The Morgan fingerprint density at radius 1 is 1.17 bits per heavy atom. The molecule has 3 aromatic rings. The number of carbonyl (C=O) groups excluding carboxylic acids is 2. The Morgan fingerprint density at radius 2 is 1.97 bits per heavy atom. The van der Waals surface area contributed by atoms with Crippen molar-refractivity contribution in [3.63, 3.8) is 0 Å². The van der Waals surface area contributed by atoms with Crippen molar-refractivity contribution < 1.29 is 18.8 Å². The molecule has 0 aliphatic carbocycles. The predicted molar refractivity (Wildman–Crippen MR) is 108 cm³/mol. The van der Waals surface area contributed by atoms with E-state index in [9.17, 15) is 9.59 Å². The predicted octanol–water partition coefficient (Wildman–Crippen LogP) is 4.05. The molecule has 1 aliphatic rings. The van der Waals surface area contributed by atoms with E-state index in [0.717, 1.165) is 22.4 Å². The second kappa shape index (κ2) is 7.91. The van der Waals surface area contributed by atoms with E-state index in [2.05, 4.69) is 5.16 Å². The number of esters is 1. The van der Waals surface area contributed by atoms with Crippen molar-refractivity contribution in [1.82, 2.24) is 5.16 Å². The number of ether oxygens (including phenoxy) is 1. The number of rotatable bonds is 5. The number of hydrogen-bond acceptors (Lipinski definition) is 5. The Hall–Kier alpha value is -3.41. The molecule has 2 aromatic carbocycles. The molecule has 0 saturated carbocycles. The summed E-state index contributed by atoms with van der Waals surface area (Å²) in [5.41, 5.74) is 4.46. The maximum atomic E-state index is 12.5. The van der Waals surface area contributed by atoms with E-state index < -0.39 is 11.9 Å². The quantitative estimate of drug-likeness (QED) is 0.615.